The number of aliphatic hydroxyl groups excluding tert-OH is 2. The van der Waals surface area contributed by atoms with Gasteiger partial charge < -0.3 is 34.0 Å². The van der Waals surface area contributed by atoms with E-state index >= 15 is 0 Å². The van der Waals surface area contributed by atoms with Crippen molar-refractivity contribution < 1.29 is 38.0 Å². The molecule has 10 heteroatoms. The van der Waals surface area contributed by atoms with Gasteiger partial charge in [-0.2, -0.15) is 0 Å². The zero-order chi connectivity index (χ0) is 50.8. The summed E-state index contributed by atoms with van der Waals surface area (Å²) in [5.41, 5.74) is 0. The van der Waals surface area contributed by atoms with E-state index in [9.17, 15) is 24.5 Å². The summed E-state index contributed by atoms with van der Waals surface area (Å²) >= 11 is 0. The molecular formula is C59H103N2O7P. The van der Waals surface area contributed by atoms with Crippen molar-refractivity contribution in [1.82, 2.24) is 5.32 Å². The second-order valence-electron chi connectivity index (χ2n) is 19.3. The highest BCUT2D eigenvalue weighted by Crippen LogP contribution is 2.38. The van der Waals surface area contributed by atoms with Crippen LogP contribution < -0.4 is 10.2 Å². The third-order valence-electron chi connectivity index (χ3n) is 11.6. The molecule has 0 fully saturated rings. The lowest BCUT2D eigenvalue weighted by Crippen LogP contribution is -2.51. The topological polar surface area (TPSA) is 128 Å². The standard InChI is InChI=1S/C59H103N2O7P/c1-6-8-10-12-14-16-18-20-21-22-23-24-25-26-27-28-29-30-31-32-33-34-35-36-37-38-39-40-42-44-46-48-50-52-58(63)60-56(55-68-69(65,66)67-54-53-61(3,4)5)59(64)57(62)51-49-47-45-43-41-19-17-15-13-11-9-7-2/h8,10,14,16,20-21,23-24,26-27,29-30,32-33,35-36,43,45,56-57,59,62,64H,6-7,9,11-13,15,17-19,22,25,28,31,34,37-42,44,46-55H2,1-5H3,(H-,60,63,65,66)/b10-8-,16-14-,21-20-,24-23-,27-26-,30-29-,33-32-,36-35-,45-43+. The van der Waals surface area contributed by atoms with Gasteiger partial charge >= 0.3 is 0 Å². The van der Waals surface area contributed by atoms with Gasteiger partial charge in [0.15, 0.2) is 0 Å². The first kappa shape index (κ1) is 66.1. The maximum absolute atomic E-state index is 13.0. The molecule has 0 heterocycles. The Bertz CT molecular complexity index is 1510. The van der Waals surface area contributed by atoms with Gasteiger partial charge in [0.1, 0.15) is 19.3 Å². The maximum Gasteiger partial charge on any atom is 0.268 e. The van der Waals surface area contributed by atoms with Crippen LogP contribution in [0.25, 0.3) is 0 Å². The molecule has 0 aromatic heterocycles. The molecule has 0 spiro atoms. The fourth-order valence-corrected chi connectivity index (χ4v) is 7.99. The van der Waals surface area contributed by atoms with Crippen LogP contribution in [0.1, 0.15) is 200 Å². The molecule has 4 unspecified atom stereocenters. The number of allylic oxidation sites excluding steroid dienone is 18. The Balaban J connectivity index is 4.28. The van der Waals surface area contributed by atoms with E-state index in [-0.39, 0.29) is 18.9 Å². The number of amides is 1. The van der Waals surface area contributed by atoms with Crippen LogP contribution >= 0.6 is 7.82 Å². The summed E-state index contributed by atoms with van der Waals surface area (Å²) in [6.07, 6.45) is 67.2. The summed E-state index contributed by atoms with van der Waals surface area (Å²) in [7, 11) is 1.08. The van der Waals surface area contributed by atoms with Crippen LogP contribution in [0.2, 0.25) is 0 Å². The summed E-state index contributed by atoms with van der Waals surface area (Å²) in [5, 5.41) is 24.7. The first-order chi connectivity index (χ1) is 33.4. The van der Waals surface area contributed by atoms with Crippen LogP contribution in [0.5, 0.6) is 0 Å². The second-order valence-corrected chi connectivity index (χ2v) is 20.7. The van der Waals surface area contributed by atoms with Crippen LogP contribution in [-0.2, 0) is 18.4 Å². The van der Waals surface area contributed by atoms with Crippen LogP contribution in [0.4, 0.5) is 0 Å². The number of quaternary nitrogens is 1. The number of likely N-dealkylation sites (N-methyl/N-ethyl adjacent to an activating group) is 1. The van der Waals surface area contributed by atoms with Gasteiger partial charge in [0.2, 0.25) is 5.91 Å². The zero-order valence-corrected chi connectivity index (χ0v) is 45.5. The van der Waals surface area contributed by atoms with Gasteiger partial charge in [0.05, 0.1) is 39.9 Å². The molecule has 69 heavy (non-hydrogen) atoms. The minimum Gasteiger partial charge on any atom is -0.756 e. The molecule has 0 aromatic carbocycles. The lowest BCUT2D eigenvalue weighted by atomic mass is 10.0. The summed E-state index contributed by atoms with van der Waals surface area (Å²) in [6, 6.07) is -1.10. The van der Waals surface area contributed by atoms with Crippen molar-refractivity contribution in [3.63, 3.8) is 0 Å². The molecule has 1 amide bonds. The van der Waals surface area contributed by atoms with Crippen molar-refractivity contribution in [2.75, 3.05) is 40.9 Å². The van der Waals surface area contributed by atoms with E-state index in [4.69, 9.17) is 9.05 Å². The number of carbonyl (C=O) groups is 1. The highest BCUT2D eigenvalue weighted by atomic mass is 31.2. The molecule has 4 atom stereocenters. The van der Waals surface area contributed by atoms with Crippen LogP contribution in [0.15, 0.2) is 109 Å². The minimum atomic E-state index is -4.69. The Kier molecular flexibility index (Phi) is 46.7. The van der Waals surface area contributed by atoms with Crippen molar-refractivity contribution in [1.29, 1.82) is 0 Å². The monoisotopic (exact) mass is 983 g/mol. The Hall–Kier alpha value is -2.88. The van der Waals surface area contributed by atoms with Crippen molar-refractivity contribution >= 4 is 13.7 Å². The fourth-order valence-electron chi connectivity index (χ4n) is 7.27. The molecule has 0 aliphatic heterocycles. The second kappa shape index (κ2) is 48.7. The highest BCUT2D eigenvalue weighted by Gasteiger charge is 2.29. The Morgan fingerprint density at radius 1 is 0.536 bits per heavy atom. The predicted octanol–water partition coefficient (Wildman–Crippen LogP) is 14.8. The van der Waals surface area contributed by atoms with E-state index in [1.165, 1.54) is 70.6 Å². The van der Waals surface area contributed by atoms with E-state index in [0.29, 0.717) is 30.3 Å². The van der Waals surface area contributed by atoms with E-state index in [1.807, 2.05) is 21.1 Å². The highest BCUT2D eigenvalue weighted by molar-refractivity contribution is 7.45. The van der Waals surface area contributed by atoms with Crippen molar-refractivity contribution in [2.45, 2.75) is 218 Å². The molecule has 9 nitrogen and oxygen atoms in total. The smallest absolute Gasteiger partial charge is 0.268 e. The Labute approximate surface area is 424 Å². The van der Waals surface area contributed by atoms with E-state index in [0.717, 1.165) is 89.9 Å². The number of hydrogen-bond donors (Lipinski definition) is 3. The van der Waals surface area contributed by atoms with Gasteiger partial charge in [-0.1, -0.05) is 200 Å². The Morgan fingerprint density at radius 2 is 0.913 bits per heavy atom. The molecule has 0 radical (unpaired) electrons. The number of aliphatic hydroxyl groups is 2. The SMILES string of the molecule is CC/C=C\C/C=C\C/C=C\C/C=C\C/C=C\C/C=C\C/C=C\C/C=C\CCCCCCCCCCC(=O)NC(COP(=O)([O-])OCC[N+](C)(C)C)C(O)C(O)CCC/C=C/CCCCCCCCC. The summed E-state index contributed by atoms with van der Waals surface area (Å²) in [6.45, 7) is 4.27. The van der Waals surface area contributed by atoms with E-state index in [2.05, 4.69) is 129 Å². The molecule has 3 N–H and O–H groups in total. The quantitative estimate of drug-likeness (QED) is 0.0240. The van der Waals surface area contributed by atoms with Crippen molar-refractivity contribution in [2.24, 2.45) is 0 Å². The van der Waals surface area contributed by atoms with Crippen LogP contribution in [0.3, 0.4) is 0 Å². The number of unbranched alkanes of at least 4 members (excludes halogenated alkanes) is 16. The zero-order valence-electron chi connectivity index (χ0n) is 44.6. The van der Waals surface area contributed by atoms with Crippen molar-refractivity contribution in [3.05, 3.63) is 109 Å². The normalized spacial score (nSPS) is 15.3. The number of rotatable bonds is 48. The molecule has 0 aromatic rings. The summed E-state index contributed by atoms with van der Waals surface area (Å²) in [4.78, 5) is 25.5. The fraction of sp³-hybridized carbons (Fsp3) is 0.678. The number of nitrogens with zero attached hydrogens (tertiary/aromatic N) is 1. The third kappa shape index (κ3) is 49.9. The number of phosphoric ester groups is 1. The molecule has 0 saturated carbocycles. The van der Waals surface area contributed by atoms with Crippen LogP contribution in [0, 0.1) is 0 Å². The van der Waals surface area contributed by atoms with E-state index in [1.54, 1.807) is 0 Å². The molecule has 0 aliphatic rings. The van der Waals surface area contributed by atoms with Gasteiger partial charge in [-0.3, -0.25) is 9.36 Å². The molecule has 396 valence electrons. The molecule has 0 saturated heterocycles. The average Bonchev–Trinajstić information content (AvgIpc) is 3.31. The summed E-state index contributed by atoms with van der Waals surface area (Å²) in [5.74, 6) is -0.303. The third-order valence-corrected chi connectivity index (χ3v) is 12.6. The van der Waals surface area contributed by atoms with E-state index < -0.39 is 32.7 Å². The van der Waals surface area contributed by atoms with Gasteiger partial charge in [-0.05, 0) is 103 Å². The number of hydrogen-bond acceptors (Lipinski definition) is 7. The lowest BCUT2D eigenvalue weighted by Gasteiger charge is -2.31. The molecule has 0 bridgehead atoms. The first-order valence-electron chi connectivity index (χ1n) is 27.3. The molecule has 0 aliphatic carbocycles. The largest absolute Gasteiger partial charge is 0.756 e. The van der Waals surface area contributed by atoms with Gasteiger partial charge in [0.25, 0.3) is 7.82 Å². The van der Waals surface area contributed by atoms with Gasteiger partial charge in [-0.15, -0.1) is 0 Å². The maximum atomic E-state index is 13.0. The number of carbonyl (C=O) groups excluding carboxylic acids is 1. The van der Waals surface area contributed by atoms with Crippen LogP contribution in [-0.4, -0.2) is 79.8 Å². The predicted molar refractivity (Wildman–Crippen MR) is 294 cm³/mol. The van der Waals surface area contributed by atoms with Gasteiger partial charge in [0, 0.05) is 6.42 Å². The summed E-state index contributed by atoms with van der Waals surface area (Å²) < 4.78 is 23.2. The number of nitrogens with one attached hydrogen (secondary N) is 1. The Morgan fingerprint density at radius 3 is 1.35 bits per heavy atom. The minimum absolute atomic E-state index is 0.0535. The van der Waals surface area contributed by atoms with Gasteiger partial charge in [-0.25, -0.2) is 0 Å². The molecular weight excluding hydrogens is 880 g/mol. The molecule has 0 rings (SSSR count). The number of phosphoric acid groups is 1. The lowest BCUT2D eigenvalue weighted by molar-refractivity contribution is -0.870. The first-order valence-corrected chi connectivity index (χ1v) is 28.8. The average molecular weight is 983 g/mol. The van der Waals surface area contributed by atoms with Crippen molar-refractivity contribution in [3.8, 4) is 0 Å².